The highest BCUT2D eigenvalue weighted by Gasteiger charge is 2.23. The Morgan fingerprint density at radius 1 is 1.03 bits per heavy atom. The van der Waals surface area contributed by atoms with Crippen LogP contribution >= 0.6 is 0 Å². The third-order valence-electron chi connectivity index (χ3n) is 4.37. The topological polar surface area (TPSA) is 81.7 Å². The van der Waals surface area contributed by atoms with Gasteiger partial charge in [0.05, 0.1) is 6.04 Å². The summed E-state index contributed by atoms with van der Waals surface area (Å²) in [6.45, 7) is 6.61. The van der Waals surface area contributed by atoms with Crippen LogP contribution in [0.3, 0.4) is 0 Å². The van der Waals surface area contributed by atoms with E-state index in [1.807, 2.05) is 0 Å². The summed E-state index contributed by atoms with van der Waals surface area (Å²) in [5.41, 5.74) is 0.213. The summed E-state index contributed by atoms with van der Waals surface area (Å²) < 4.78 is 24.4. The Hall–Kier alpha value is -3.22. The van der Waals surface area contributed by atoms with E-state index in [9.17, 15) is 18.8 Å². The van der Waals surface area contributed by atoms with Crippen molar-refractivity contribution >= 4 is 17.7 Å². The molecule has 0 aliphatic heterocycles. The van der Waals surface area contributed by atoms with Crippen LogP contribution in [-0.4, -0.2) is 29.3 Å². The minimum atomic E-state index is -0.804. The highest BCUT2D eigenvalue weighted by Crippen LogP contribution is 2.17. The average Bonchev–Trinajstić information content (AvgIpc) is 2.69. The molecule has 0 saturated carbocycles. The van der Waals surface area contributed by atoms with E-state index in [-0.39, 0.29) is 36.8 Å². The summed E-state index contributed by atoms with van der Waals surface area (Å²) in [5, 5.41) is 2.51. The quantitative estimate of drug-likeness (QED) is 0.576. The van der Waals surface area contributed by atoms with Gasteiger partial charge in [0.25, 0.3) is 0 Å². The lowest BCUT2D eigenvalue weighted by Crippen LogP contribution is -2.42. The molecular formula is C24H28FNO5. The van der Waals surface area contributed by atoms with E-state index in [1.165, 1.54) is 13.0 Å². The smallest absolute Gasteiger partial charge is 0.408 e. The van der Waals surface area contributed by atoms with Crippen molar-refractivity contribution in [2.75, 3.05) is 0 Å². The maximum Gasteiger partial charge on any atom is 0.408 e. The fraction of sp³-hybridized carbons (Fsp3) is 0.375. The van der Waals surface area contributed by atoms with Crippen LogP contribution in [0.1, 0.15) is 56.5 Å². The van der Waals surface area contributed by atoms with Gasteiger partial charge in [0.2, 0.25) is 0 Å². The molecule has 2 aromatic carbocycles. The first-order chi connectivity index (χ1) is 14.5. The lowest BCUT2D eigenvalue weighted by Gasteiger charge is -2.22. The van der Waals surface area contributed by atoms with Crippen molar-refractivity contribution < 1.29 is 28.2 Å². The molecular weight excluding hydrogens is 401 g/mol. The Balaban J connectivity index is 1.88. The van der Waals surface area contributed by atoms with Gasteiger partial charge in [-0.1, -0.05) is 18.2 Å². The molecule has 2 aromatic rings. The summed E-state index contributed by atoms with van der Waals surface area (Å²) in [6, 6.07) is 12.0. The lowest BCUT2D eigenvalue weighted by molar-refractivity contribution is -0.119. The van der Waals surface area contributed by atoms with Crippen LogP contribution in [0.25, 0.3) is 0 Å². The van der Waals surface area contributed by atoms with Gasteiger partial charge < -0.3 is 14.8 Å². The molecule has 0 heterocycles. The molecule has 1 N–H and O–H groups in total. The number of halogens is 1. The van der Waals surface area contributed by atoms with Crippen LogP contribution in [0.4, 0.5) is 9.18 Å². The molecule has 0 bridgehead atoms. The summed E-state index contributed by atoms with van der Waals surface area (Å²) in [4.78, 5) is 36.2. The van der Waals surface area contributed by atoms with Gasteiger partial charge in [0, 0.05) is 17.5 Å². The number of carbonyl (C=O) groups excluding carboxylic acids is 3. The molecule has 0 radical (unpaired) electrons. The van der Waals surface area contributed by atoms with Crippen molar-refractivity contribution in [3.63, 3.8) is 0 Å². The second-order valence-corrected chi connectivity index (χ2v) is 8.18. The van der Waals surface area contributed by atoms with E-state index in [4.69, 9.17) is 9.47 Å². The molecule has 6 nitrogen and oxygen atoms in total. The number of ether oxygens (including phenoxy) is 2. The predicted octanol–water partition coefficient (Wildman–Crippen LogP) is 4.85. The predicted molar refractivity (Wildman–Crippen MR) is 115 cm³/mol. The molecule has 2 rings (SSSR count). The lowest BCUT2D eigenvalue weighted by atomic mass is 10.0. The zero-order chi connectivity index (χ0) is 23.0. The molecule has 0 aromatic heterocycles. The molecule has 0 fully saturated rings. The van der Waals surface area contributed by atoms with Crippen molar-refractivity contribution in [3.8, 4) is 5.75 Å². The molecule has 0 saturated heterocycles. The summed E-state index contributed by atoms with van der Waals surface area (Å²) >= 11 is 0. The number of amides is 1. The molecule has 0 spiro atoms. The monoisotopic (exact) mass is 429 g/mol. The van der Waals surface area contributed by atoms with Crippen molar-refractivity contribution in [3.05, 3.63) is 65.5 Å². The van der Waals surface area contributed by atoms with Gasteiger partial charge in [-0.25, -0.2) is 9.18 Å². The van der Waals surface area contributed by atoms with Crippen LogP contribution < -0.4 is 10.1 Å². The van der Waals surface area contributed by atoms with Gasteiger partial charge in [-0.2, -0.15) is 0 Å². The molecule has 166 valence electrons. The Kier molecular flexibility index (Phi) is 8.30. The van der Waals surface area contributed by atoms with E-state index in [0.717, 1.165) is 0 Å². The van der Waals surface area contributed by atoms with Crippen LogP contribution in [0.15, 0.2) is 48.5 Å². The van der Waals surface area contributed by atoms with Gasteiger partial charge in [-0.3, -0.25) is 9.59 Å². The number of carbonyl (C=O) groups is 3. The number of Topliss-reactive ketones (excluding diaryl/α,β-unsaturated/α-hetero) is 2. The van der Waals surface area contributed by atoms with Gasteiger partial charge in [0.15, 0.2) is 11.6 Å². The van der Waals surface area contributed by atoms with Crippen molar-refractivity contribution in [1.82, 2.24) is 5.32 Å². The Labute approximate surface area is 181 Å². The van der Waals surface area contributed by atoms with Crippen LogP contribution in [-0.2, 0) is 16.1 Å². The molecule has 1 atom stereocenters. The van der Waals surface area contributed by atoms with Gasteiger partial charge >= 0.3 is 6.09 Å². The Morgan fingerprint density at radius 2 is 1.68 bits per heavy atom. The number of hydrogen-bond donors (Lipinski definition) is 1. The van der Waals surface area contributed by atoms with E-state index < -0.39 is 17.7 Å². The fourth-order valence-electron chi connectivity index (χ4n) is 2.76. The number of benzene rings is 2. The first-order valence-electron chi connectivity index (χ1n) is 10.0. The zero-order valence-corrected chi connectivity index (χ0v) is 18.2. The highest BCUT2D eigenvalue weighted by atomic mass is 19.1. The van der Waals surface area contributed by atoms with Crippen LogP contribution in [0, 0.1) is 5.82 Å². The van der Waals surface area contributed by atoms with Crippen LogP contribution in [0.5, 0.6) is 5.75 Å². The van der Waals surface area contributed by atoms with Crippen molar-refractivity contribution in [1.29, 1.82) is 0 Å². The Bertz CT molecular complexity index is 918. The maximum atomic E-state index is 13.6. The van der Waals surface area contributed by atoms with Gasteiger partial charge in [-0.05, 0) is 64.4 Å². The van der Waals surface area contributed by atoms with E-state index in [1.54, 1.807) is 63.2 Å². The van der Waals surface area contributed by atoms with Gasteiger partial charge in [-0.15, -0.1) is 0 Å². The number of rotatable bonds is 9. The van der Waals surface area contributed by atoms with Crippen LogP contribution in [0.2, 0.25) is 0 Å². The number of hydrogen-bond acceptors (Lipinski definition) is 5. The average molecular weight is 429 g/mol. The van der Waals surface area contributed by atoms with Crippen molar-refractivity contribution in [2.45, 2.75) is 58.8 Å². The number of alkyl carbamates (subject to hydrolysis) is 1. The third kappa shape index (κ3) is 8.20. The normalized spacial score (nSPS) is 12.0. The molecule has 31 heavy (non-hydrogen) atoms. The molecule has 7 heteroatoms. The van der Waals surface area contributed by atoms with E-state index in [2.05, 4.69) is 5.32 Å². The summed E-state index contributed by atoms with van der Waals surface area (Å²) in [6.07, 6.45) is -0.453. The maximum absolute atomic E-state index is 13.6. The minimum absolute atomic E-state index is 0.0788. The molecule has 0 unspecified atom stereocenters. The second kappa shape index (κ2) is 10.7. The van der Waals surface area contributed by atoms with Gasteiger partial charge in [0.1, 0.15) is 23.8 Å². The SMILES string of the molecule is CC(=O)[C@H](CCC(=O)c1ccc(OCc2ccccc2F)cc1)NC(=O)OC(C)(C)C. The highest BCUT2D eigenvalue weighted by molar-refractivity contribution is 5.96. The zero-order valence-electron chi connectivity index (χ0n) is 18.2. The summed E-state index contributed by atoms with van der Waals surface area (Å²) in [5.74, 6) is -0.254. The summed E-state index contributed by atoms with van der Waals surface area (Å²) in [7, 11) is 0. The largest absolute Gasteiger partial charge is 0.489 e. The minimum Gasteiger partial charge on any atom is -0.489 e. The molecule has 0 aliphatic carbocycles. The van der Waals surface area contributed by atoms with Crippen molar-refractivity contribution in [2.24, 2.45) is 0 Å². The fourth-order valence-corrected chi connectivity index (χ4v) is 2.76. The third-order valence-corrected chi connectivity index (χ3v) is 4.37. The first kappa shape index (κ1) is 24.1. The Morgan fingerprint density at radius 3 is 2.26 bits per heavy atom. The number of nitrogens with one attached hydrogen (secondary N) is 1. The van der Waals surface area contributed by atoms with E-state index in [0.29, 0.717) is 16.9 Å². The molecule has 1 amide bonds. The second-order valence-electron chi connectivity index (χ2n) is 8.18. The van der Waals surface area contributed by atoms with E-state index >= 15 is 0 Å². The first-order valence-corrected chi connectivity index (χ1v) is 10.0. The number of ketones is 2. The standard InChI is InChI=1S/C24H28FNO5/c1-16(27)21(26-23(29)31-24(2,3)4)13-14-22(28)17-9-11-19(12-10-17)30-15-18-7-5-6-8-20(18)25/h5-12,21H,13-15H2,1-4H3,(H,26,29)/t21-/m0/s1. The molecule has 0 aliphatic rings.